The average Bonchev–Trinajstić information content (AvgIpc) is 2.71. The van der Waals surface area contributed by atoms with E-state index in [-0.39, 0.29) is 23.4 Å². The van der Waals surface area contributed by atoms with Gasteiger partial charge in [-0.05, 0) is 44.4 Å². The minimum absolute atomic E-state index is 0.246. The molecule has 1 amide bonds. The number of amides is 1. The largest absolute Gasteiger partial charge is 0.497 e. The van der Waals surface area contributed by atoms with Gasteiger partial charge < -0.3 is 14.4 Å². The van der Waals surface area contributed by atoms with E-state index in [4.69, 9.17) is 9.47 Å². The lowest BCUT2D eigenvalue weighted by atomic mass is 10.0. The van der Waals surface area contributed by atoms with Gasteiger partial charge in [0.2, 0.25) is 0 Å². The van der Waals surface area contributed by atoms with Crippen LogP contribution in [0.2, 0.25) is 0 Å². The molecule has 0 atom stereocenters. The number of nitrogens with zero attached hydrogens (tertiary/aromatic N) is 3. The van der Waals surface area contributed by atoms with Crippen molar-refractivity contribution in [3.05, 3.63) is 39.0 Å². The lowest BCUT2D eigenvalue weighted by Gasteiger charge is -2.32. The van der Waals surface area contributed by atoms with Crippen LogP contribution in [0.5, 0.6) is 5.75 Å². The van der Waals surface area contributed by atoms with Crippen molar-refractivity contribution in [3.8, 4) is 5.75 Å². The van der Waals surface area contributed by atoms with Crippen molar-refractivity contribution in [3.63, 3.8) is 0 Å². The molecule has 0 N–H and O–H groups in total. The third-order valence-corrected chi connectivity index (χ3v) is 5.18. The smallest absolute Gasteiger partial charge is 0.409 e. The van der Waals surface area contributed by atoms with Gasteiger partial charge in [-0.1, -0.05) is 6.92 Å². The van der Waals surface area contributed by atoms with E-state index in [1.807, 2.05) is 6.92 Å². The SMILES string of the molecule is CCCn1c(=O)n(C2CCN(C(=O)OCC)CC2)c(=O)c2cc(OC)ccc21. The van der Waals surface area contributed by atoms with Gasteiger partial charge in [0.15, 0.2) is 0 Å². The summed E-state index contributed by atoms with van der Waals surface area (Å²) < 4.78 is 13.3. The van der Waals surface area contributed by atoms with E-state index in [0.29, 0.717) is 55.7 Å². The number of likely N-dealkylation sites (tertiary alicyclic amines) is 1. The van der Waals surface area contributed by atoms with Crippen molar-refractivity contribution in [2.75, 3.05) is 26.8 Å². The number of carbonyl (C=O) groups excluding carboxylic acids is 1. The van der Waals surface area contributed by atoms with E-state index in [0.717, 1.165) is 6.42 Å². The van der Waals surface area contributed by atoms with Crippen molar-refractivity contribution in [2.24, 2.45) is 0 Å². The van der Waals surface area contributed by atoms with Crippen LogP contribution in [-0.4, -0.2) is 46.9 Å². The molecule has 2 aromatic rings. The summed E-state index contributed by atoms with van der Waals surface area (Å²) in [5, 5.41) is 0.472. The van der Waals surface area contributed by atoms with Crippen LogP contribution in [0.4, 0.5) is 4.79 Å². The fraction of sp³-hybridized carbons (Fsp3) is 0.550. The standard InChI is InChI=1S/C20H27N3O5/c1-4-10-22-17-7-6-15(27-3)13-16(17)18(24)23(19(22)25)14-8-11-21(12-9-14)20(26)28-5-2/h6-7,13-14H,4-5,8-12H2,1-3H3. The highest BCUT2D eigenvalue weighted by Gasteiger charge is 2.27. The molecule has 0 saturated carbocycles. The molecule has 8 heteroatoms. The highest BCUT2D eigenvalue weighted by molar-refractivity contribution is 5.79. The summed E-state index contributed by atoms with van der Waals surface area (Å²) in [7, 11) is 1.55. The molecule has 1 aromatic carbocycles. The molecular formula is C20H27N3O5. The van der Waals surface area contributed by atoms with Crippen LogP contribution in [0.15, 0.2) is 27.8 Å². The Morgan fingerprint density at radius 2 is 1.89 bits per heavy atom. The summed E-state index contributed by atoms with van der Waals surface area (Å²) in [6, 6.07) is 4.97. The molecule has 0 bridgehead atoms. The molecule has 0 radical (unpaired) electrons. The van der Waals surface area contributed by atoms with Crippen LogP contribution in [0.25, 0.3) is 10.9 Å². The van der Waals surface area contributed by atoms with Crippen LogP contribution in [-0.2, 0) is 11.3 Å². The lowest BCUT2D eigenvalue weighted by Crippen LogP contribution is -2.47. The molecule has 0 aliphatic carbocycles. The van der Waals surface area contributed by atoms with Gasteiger partial charge in [-0.25, -0.2) is 9.59 Å². The van der Waals surface area contributed by atoms with E-state index < -0.39 is 0 Å². The molecule has 1 aliphatic heterocycles. The molecule has 0 spiro atoms. The maximum atomic E-state index is 13.2. The van der Waals surface area contributed by atoms with E-state index in [2.05, 4.69) is 0 Å². The van der Waals surface area contributed by atoms with Crippen molar-refractivity contribution >= 4 is 17.0 Å². The van der Waals surface area contributed by atoms with Crippen molar-refractivity contribution in [2.45, 2.75) is 45.7 Å². The Hall–Kier alpha value is -2.77. The fourth-order valence-corrected chi connectivity index (χ4v) is 3.78. The summed E-state index contributed by atoms with van der Waals surface area (Å²) in [6.45, 7) is 5.54. The molecule has 1 fully saturated rings. The Bertz CT molecular complexity index is 970. The average molecular weight is 389 g/mol. The molecule has 1 aliphatic rings. The van der Waals surface area contributed by atoms with Gasteiger partial charge >= 0.3 is 11.8 Å². The Kier molecular flexibility index (Phi) is 6.06. The number of aryl methyl sites for hydroxylation is 1. The molecule has 2 heterocycles. The zero-order chi connectivity index (χ0) is 20.3. The minimum Gasteiger partial charge on any atom is -0.497 e. The first kappa shape index (κ1) is 20.0. The van der Waals surface area contributed by atoms with Crippen molar-refractivity contribution in [1.82, 2.24) is 14.0 Å². The van der Waals surface area contributed by atoms with Crippen LogP contribution < -0.4 is 16.0 Å². The van der Waals surface area contributed by atoms with Gasteiger partial charge in [0, 0.05) is 25.7 Å². The number of aromatic nitrogens is 2. The molecule has 152 valence electrons. The maximum absolute atomic E-state index is 13.2. The molecule has 8 nitrogen and oxygen atoms in total. The van der Waals surface area contributed by atoms with Crippen molar-refractivity contribution in [1.29, 1.82) is 0 Å². The minimum atomic E-state index is -0.347. The van der Waals surface area contributed by atoms with Crippen LogP contribution >= 0.6 is 0 Å². The Morgan fingerprint density at radius 1 is 1.18 bits per heavy atom. The zero-order valence-electron chi connectivity index (χ0n) is 16.6. The second-order valence-electron chi connectivity index (χ2n) is 6.91. The topological polar surface area (TPSA) is 82.8 Å². The van der Waals surface area contributed by atoms with Crippen LogP contribution in [0.3, 0.4) is 0 Å². The number of ether oxygens (including phenoxy) is 2. The Morgan fingerprint density at radius 3 is 2.50 bits per heavy atom. The molecule has 3 rings (SSSR count). The molecule has 0 unspecified atom stereocenters. The molecule has 1 aromatic heterocycles. The monoisotopic (exact) mass is 389 g/mol. The predicted octanol–water partition coefficient (Wildman–Crippen LogP) is 2.38. The molecule has 1 saturated heterocycles. The van der Waals surface area contributed by atoms with Gasteiger partial charge in [-0.2, -0.15) is 0 Å². The third kappa shape index (κ3) is 3.63. The lowest BCUT2D eigenvalue weighted by molar-refractivity contribution is 0.0919. The second-order valence-corrected chi connectivity index (χ2v) is 6.91. The van der Waals surface area contributed by atoms with Gasteiger partial charge in [0.1, 0.15) is 5.75 Å². The number of benzene rings is 1. The summed E-state index contributed by atoms with van der Waals surface area (Å²) in [4.78, 5) is 39.9. The third-order valence-electron chi connectivity index (χ3n) is 5.18. The first-order chi connectivity index (χ1) is 13.5. The predicted molar refractivity (Wildman–Crippen MR) is 106 cm³/mol. The number of hydrogen-bond donors (Lipinski definition) is 0. The Balaban J connectivity index is 2.03. The quantitative estimate of drug-likeness (QED) is 0.784. The van der Waals surface area contributed by atoms with Crippen LogP contribution in [0.1, 0.15) is 39.2 Å². The fourth-order valence-electron chi connectivity index (χ4n) is 3.78. The van der Waals surface area contributed by atoms with Gasteiger partial charge in [0.25, 0.3) is 5.56 Å². The number of fused-ring (bicyclic) bond motifs is 1. The number of methoxy groups -OCH3 is 1. The number of piperidine rings is 1. The first-order valence-electron chi connectivity index (χ1n) is 9.76. The summed E-state index contributed by atoms with van der Waals surface area (Å²) in [6.07, 6.45) is 1.51. The summed E-state index contributed by atoms with van der Waals surface area (Å²) in [5.74, 6) is 0.579. The molecular weight excluding hydrogens is 362 g/mol. The normalized spacial score (nSPS) is 15.0. The first-order valence-corrected chi connectivity index (χ1v) is 9.76. The maximum Gasteiger partial charge on any atom is 0.409 e. The van der Waals surface area contributed by atoms with Gasteiger partial charge in [-0.15, -0.1) is 0 Å². The van der Waals surface area contributed by atoms with Gasteiger partial charge in [0.05, 0.1) is 24.6 Å². The Labute approximate surface area is 163 Å². The van der Waals surface area contributed by atoms with Crippen LogP contribution in [0, 0.1) is 0 Å². The highest BCUT2D eigenvalue weighted by atomic mass is 16.6. The number of hydrogen-bond acceptors (Lipinski definition) is 5. The zero-order valence-corrected chi connectivity index (χ0v) is 16.6. The number of carbonyl (C=O) groups is 1. The van der Waals surface area contributed by atoms with E-state index in [9.17, 15) is 14.4 Å². The summed E-state index contributed by atoms with van der Waals surface area (Å²) in [5.41, 5.74) is 0.0257. The van der Waals surface area contributed by atoms with Gasteiger partial charge in [-0.3, -0.25) is 13.9 Å². The second kappa shape index (κ2) is 8.50. The van der Waals surface area contributed by atoms with E-state index in [1.165, 1.54) is 4.57 Å². The van der Waals surface area contributed by atoms with E-state index >= 15 is 0 Å². The van der Waals surface area contributed by atoms with Crippen molar-refractivity contribution < 1.29 is 14.3 Å². The highest BCUT2D eigenvalue weighted by Crippen LogP contribution is 2.23. The van der Waals surface area contributed by atoms with E-state index in [1.54, 1.807) is 41.7 Å². The summed E-state index contributed by atoms with van der Waals surface area (Å²) >= 11 is 0. The number of rotatable bonds is 5. The molecule has 28 heavy (non-hydrogen) atoms.